The second-order valence-electron chi connectivity index (χ2n) is 7.22. The number of nitrogens with zero attached hydrogens (tertiary/aromatic N) is 2. The predicted molar refractivity (Wildman–Crippen MR) is 109 cm³/mol. The van der Waals surface area contributed by atoms with Gasteiger partial charge in [0.25, 0.3) is 5.91 Å². The number of hydrogen-bond acceptors (Lipinski definition) is 6. The lowest BCUT2D eigenvalue weighted by Crippen LogP contribution is -2.49. The van der Waals surface area contributed by atoms with E-state index in [1.54, 1.807) is 11.8 Å². The van der Waals surface area contributed by atoms with Gasteiger partial charge in [0.1, 0.15) is 9.84 Å². The summed E-state index contributed by atoms with van der Waals surface area (Å²) < 4.78 is 49.7. The molecule has 1 aromatic rings. The topological polar surface area (TPSA) is 104 Å². The fourth-order valence-corrected chi connectivity index (χ4v) is 4.76. The number of nitrogens with one attached hydrogen (secondary N) is 1. The molecule has 1 aromatic carbocycles. The summed E-state index contributed by atoms with van der Waals surface area (Å²) in [6.07, 6.45) is 1.90. The van der Waals surface area contributed by atoms with Crippen LogP contribution in [0.5, 0.6) is 0 Å². The van der Waals surface area contributed by atoms with Crippen LogP contribution in [0.2, 0.25) is 0 Å². The smallest absolute Gasteiger partial charge is 0.253 e. The first-order valence-electron chi connectivity index (χ1n) is 9.33. The van der Waals surface area contributed by atoms with E-state index in [1.807, 2.05) is 11.8 Å². The maximum atomic E-state index is 12.7. The van der Waals surface area contributed by atoms with E-state index in [9.17, 15) is 21.6 Å². The van der Waals surface area contributed by atoms with E-state index >= 15 is 0 Å². The number of hydrogen-bond donors (Lipinski definition) is 1. The van der Waals surface area contributed by atoms with Gasteiger partial charge in [0, 0.05) is 50.6 Å². The van der Waals surface area contributed by atoms with Crippen molar-refractivity contribution in [1.82, 2.24) is 14.5 Å². The third-order valence-electron chi connectivity index (χ3n) is 4.82. The molecule has 1 atom stereocenters. The zero-order chi connectivity index (χ0) is 20.9. The highest BCUT2D eigenvalue weighted by atomic mass is 32.2. The van der Waals surface area contributed by atoms with E-state index in [0.717, 1.165) is 0 Å². The molecule has 0 bridgehead atoms. The monoisotopic (exact) mass is 431 g/mol. The summed E-state index contributed by atoms with van der Waals surface area (Å²) in [5.74, 6) is -0.0386. The molecular formula is C18H29N3O5S2. The summed E-state index contributed by atoms with van der Waals surface area (Å²) >= 11 is 0. The lowest BCUT2D eigenvalue weighted by Gasteiger charge is -2.34. The van der Waals surface area contributed by atoms with E-state index in [4.69, 9.17) is 0 Å². The first-order valence-corrected chi connectivity index (χ1v) is 12.9. The first-order chi connectivity index (χ1) is 13.0. The molecule has 1 amide bonds. The van der Waals surface area contributed by atoms with Gasteiger partial charge in [-0.15, -0.1) is 0 Å². The minimum absolute atomic E-state index is 0.113. The van der Waals surface area contributed by atoms with Crippen LogP contribution in [-0.2, 0) is 19.9 Å². The maximum Gasteiger partial charge on any atom is 0.253 e. The molecule has 158 valence electrons. The number of carbonyl (C=O) groups is 1. The largest absolute Gasteiger partial charge is 0.336 e. The number of sulfone groups is 1. The molecule has 1 saturated heterocycles. The van der Waals surface area contributed by atoms with E-state index in [1.165, 1.54) is 30.5 Å². The lowest BCUT2D eigenvalue weighted by atomic mass is 10.2. The SMILES string of the molecule is CCC(C)NS(=O)(=O)c1ccc(C(=O)N2CCN(CCS(C)(=O)=O)CC2)cc1. The summed E-state index contributed by atoms with van der Waals surface area (Å²) in [4.78, 5) is 16.5. The molecule has 2 rings (SSSR count). The predicted octanol–water partition coefficient (Wildman–Crippen LogP) is 0.566. The molecule has 0 radical (unpaired) electrons. The fraction of sp³-hybridized carbons (Fsp3) is 0.611. The number of rotatable bonds is 8. The van der Waals surface area contributed by atoms with Crippen molar-refractivity contribution in [3.8, 4) is 0 Å². The molecule has 10 heteroatoms. The standard InChI is InChI=1S/C18H29N3O5S2/c1-4-15(2)19-28(25,26)17-7-5-16(6-8-17)18(22)21-11-9-20(10-12-21)13-14-27(3,23)24/h5-8,15,19H,4,9-14H2,1-3H3. The Morgan fingerprint density at radius 2 is 1.64 bits per heavy atom. The van der Waals surface area contributed by atoms with Gasteiger partial charge in [-0.05, 0) is 37.6 Å². The van der Waals surface area contributed by atoms with Crippen molar-refractivity contribution < 1.29 is 21.6 Å². The second kappa shape index (κ2) is 9.34. The Kier molecular flexibility index (Phi) is 7.60. The number of carbonyl (C=O) groups excluding carboxylic acids is 1. The van der Waals surface area contributed by atoms with E-state index in [2.05, 4.69) is 4.72 Å². The van der Waals surface area contributed by atoms with Gasteiger partial charge in [-0.25, -0.2) is 21.6 Å². The van der Waals surface area contributed by atoms with Gasteiger partial charge in [-0.3, -0.25) is 9.69 Å². The molecule has 1 unspecified atom stereocenters. The summed E-state index contributed by atoms with van der Waals surface area (Å²) in [5, 5.41) is 0. The lowest BCUT2D eigenvalue weighted by molar-refractivity contribution is 0.0644. The highest BCUT2D eigenvalue weighted by Crippen LogP contribution is 2.14. The fourth-order valence-electron chi connectivity index (χ4n) is 2.84. The van der Waals surface area contributed by atoms with Crippen LogP contribution in [0.1, 0.15) is 30.6 Å². The molecule has 0 aliphatic carbocycles. The highest BCUT2D eigenvalue weighted by Gasteiger charge is 2.23. The van der Waals surface area contributed by atoms with Crippen molar-refractivity contribution >= 4 is 25.8 Å². The van der Waals surface area contributed by atoms with Crippen LogP contribution in [0.15, 0.2) is 29.2 Å². The van der Waals surface area contributed by atoms with Crippen LogP contribution in [-0.4, -0.2) is 83.3 Å². The Bertz CT molecular complexity index is 874. The quantitative estimate of drug-likeness (QED) is 0.645. The number of amides is 1. The molecule has 1 N–H and O–H groups in total. The zero-order valence-electron chi connectivity index (χ0n) is 16.6. The molecular weight excluding hydrogens is 402 g/mol. The number of sulfonamides is 1. The first kappa shape index (κ1) is 22.8. The Morgan fingerprint density at radius 3 is 2.14 bits per heavy atom. The number of benzene rings is 1. The Balaban J connectivity index is 1.95. The van der Waals surface area contributed by atoms with Gasteiger partial charge in [-0.2, -0.15) is 0 Å². The molecule has 8 nitrogen and oxygen atoms in total. The van der Waals surface area contributed by atoms with Crippen molar-refractivity contribution in [3.63, 3.8) is 0 Å². The molecule has 1 aliphatic rings. The summed E-state index contributed by atoms with van der Waals surface area (Å²) in [7, 11) is -6.59. The maximum absolute atomic E-state index is 12.7. The molecule has 1 aliphatic heterocycles. The van der Waals surface area contributed by atoms with Crippen LogP contribution in [0, 0.1) is 0 Å². The highest BCUT2D eigenvalue weighted by molar-refractivity contribution is 7.90. The molecule has 28 heavy (non-hydrogen) atoms. The van der Waals surface area contributed by atoms with Crippen LogP contribution in [0.25, 0.3) is 0 Å². The molecule has 1 fully saturated rings. The van der Waals surface area contributed by atoms with Gasteiger partial charge < -0.3 is 4.90 Å². The van der Waals surface area contributed by atoms with Crippen molar-refractivity contribution in [3.05, 3.63) is 29.8 Å². The van der Waals surface area contributed by atoms with Gasteiger partial charge in [-0.1, -0.05) is 6.92 Å². The summed E-state index contributed by atoms with van der Waals surface area (Å²) in [6, 6.07) is 5.79. The third-order valence-corrected chi connectivity index (χ3v) is 7.35. The van der Waals surface area contributed by atoms with Gasteiger partial charge in [0.2, 0.25) is 10.0 Å². The van der Waals surface area contributed by atoms with E-state index in [0.29, 0.717) is 44.7 Å². The third kappa shape index (κ3) is 6.54. The Hall–Kier alpha value is -1.49. The van der Waals surface area contributed by atoms with Crippen LogP contribution >= 0.6 is 0 Å². The normalized spacial score (nSPS) is 17.5. The zero-order valence-corrected chi connectivity index (χ0v) is 18.2. The molecule has 0 aromatic heterocycles. The van der Waals surface area contributed by atoms with Crippen molar-refractivity contribution in [1.29, 1.82) is 0 Å². The van der Waals surface area contributed by atoms with E-state index < -0.39 is 19.9 Å². The average molecular weight is 432 g/mol. The molecule has 1 heterocycles. The number of piperazine rings is 1. The van der Waals surface area contributed by atoms with E-state index in [-0.39, 0.29) is 22.6 Å². The van der Waals surface area contributed by atoms with Crippen LogP contribution < -0.4 is 4.72 Å². The minimum atomic E-state index is -3.60. The average Bonchev–Trinajstić information content (AvgIpc) is 2.65. The van der Waals surface area contributed by atoms with Gasteiger partial charge >= 0.3 is 0 Å². The Morgan fingerprint density at radius 1 is 1.07 bits per heavy atom. The van der Waals surface area contributed by atoms with Crippen molar-refractivity contribution in [2.24, 2.45) is 0 Å². The van der Waals surface area contributed by atoms with Crippen molar-refractivity contribution in [2.45, 2.75) is 31.2 Å². The van der Waals surface area contributed by atoms with Gasteiger partial charge in [0.05, 0.1) is 10.6 Å². The van der Waals surface area contributed by atoms with Crippen LogP contribution in [0.4, 0.5) is 0 Å². The van der Waals surface area contributed by atoms with Crippen molar-refractivity contribution in [2.75, 3.05) is 44.7 Å². The second-order valence-corrected chi connectivity index (χ2v) is 11.2. The summed E-state index contributed by atoms with van der Waals surface area (Å²) in [6.45, 7) is 6.42. The minimum Gasteiger partial charge on any atom is -0.336 e. The summed E-state index contributed by atoms with van der Waals surface area (Å²) in [5.41, 5.74) is 0.437. The molecule has 0 spiro atoms. The Labute approximate surface area is 167 Å². The van der Waals surface area contributed by atoms with Crippen LogP contribution in [0.3, 0.4) is 0 Å². The van der Waals surface area contributed by atoms with Gasteiger partial charge in [0.15, 0.2) is 0 Å². The molecule has 0 saturated carbocycles.